The van der Waals surface area contributed by atoms with Gasteiger partial charge < -0.3 is 0 Å². The average molecular weight is 161 g/mol. The second-order valence-corrected chi connectivity index (χ2v) is 4.60. The highest BCUT2D eigenvalue weighted by atomic mass is 35.5. The van der Waals surface area contributed by atoms with Crippen LogP contribution in [-0.4, -0.2) is 5.38 Å². The van der Waals surface area contributed by atoms with Crippen LogP contribution in [0.3, 0.4) is 0 Å². The standard InChI is InChI=1S/C9H17Cl/c1-6(2)8-4-9(5-8)7(3)10/h6-9H,4-5H2,1-3H3. The summed E-state index contributed by atoms with van der Waals surface area (Å²) >= 11 is 5.95. The monoisotopic (exact) mass is 160 g/mol. The molecule has 0 radical (unpaired) electrons. The van der Waals surface area contributed by atoms with E-state index in [2.05, 4.69) is 20.8 Å². The molecule has 0 bridgehead atoms. The molecule has 0 saturated heterocycles. The third-order valence-corrected chi connectivity index (χ3v) is 3.16. The van der Waals surface area contributed by atoms with E-state index in [0.29, 0.717) is 5.38 Å². The summed E-state index contributed by atoms with van der Waals surface area (Å²) in [4.78, 5) is 0. The first-order valence-electron chi connectivity index (χ1n) is 4.25. The summed E-state index contributed by atoms with van der Waals surface area (Å²) in [6.45, 7) is 6.72. The summed E-state index contributed by atoms with van der Waals surface area (Å²) in [5, 5.41) is 0.398. The summed E-state index contributed by atoms with van der Waals surface area (Å²) < 4.78 is 0. The van der Waals surface area contributed by atoms with Crippen LogP contribution in [-0.2, 0) is 0 Å². The van der Waals surface area contributed by atoms with Crippen molar-refractivity contribution in [2.24, 2.45) is 17.8 Å². The molecule has 1 aliphatic rings. The second kappa shape index (κ2) is 3.13. The SMILES string of the molecule is CC(C)C1CC(C(C)Cl)C1. The van der Waals surface area contributed by atoms with E-state index in [9.17, 15) is 0 Å². The van der Waals surface area contributed by atoms with Crippen molar-refractivity contribution < 1.29 is 0 Å². The van der Waals surface area contributed by atoms with Crippen LogP contribution in [0.4, 0.5) is 0 Å². The van der Waals surface area contributed by atoms with Crippen molar-refractivity contribution in [1.82, 2.24) is 0 Å². The van der Waals surface area contributed by atoms with Gasteiger partial charge in [0.05, 0.1) is 0 Å². The fourth-order valence-electron chi connectivity index (χ4n) is 1.63. The Labute approximate surface area is 69.0 Å². The van der Waals surface area contributed by atoms with Gasteiger partial charge in [-0.15, -0.1) is 11.6 Å². The summed E-state index contributed by atoms with van der Waals surface area (Å²) in [7, 11) is 0. The summed E-state index contributed by atoms with van der Waals surface area (Å²) in [6, 6.07) is 0. The third kappa shape index (κ3) is 1.66. The van der Waals surface area contributed by atoms with Gasteiger partial charge in [-0.3, -0.25) is 0 Å². The minimum Gasteiger partial charge on any atom is -0.123 e. The van der Waals surface area contributed by atoms with Crippen LogP contribution in [0, 0.1) is 17.8 Å². The molecule has 1 heteroatoms. The van der Waals surface area contributed by atoms with Gasteiger partial charge in [-0.1, -0.05) is 13.8 Å². The highest BCUT2D eigenvalue weighted by Crippen LogP contribution is 2.41. The molecule has 0 amide bonds. The zero-order valence-electron chi connectivity index (χ0n) is 7.10. The van der Waals surface area contributed by atoms with Crippen LogP contribution < -0.4 is 0 Å². The molecule has 10 heavy (non-hydrogen) atoms. The van der Waals surface area contributed by atoms with E-state index in [0.717, 1.165) is 17.8 Å². The van der Waals surface area contributed by atoms with E-state index < -0.39 is 0 Å². The normalized spacial score (nSPS) is 35.7. The molecule has 1 aliphatic carbocycles. The number of hydrogen-bond donors (Lipinski definition) is 0. The summed E-state index contributed by atoms with van der Waals surface area (Å²) in [5.41, 5.74) is 0. The fourth-order valence-corrected chi connectivity index (χ4v) is 1.83. The molecule has 0 heterocycles. The van der Waals surface area contributed by atoms with Crippen molar-refractivity contribution in [3.05, 3.63) is 0 Å². The number of rotatable bonds is 2. The molecular weight excluding hydrogens is 144 g/mol. The zero-order valence-corrected chi connectivity index (χ0v) is 7.86. The van der Waals surface area contributed by atoms with Crippen molar-refractivity contribution in [2.75, 3.05) is 0 Å². The van der Waals surface area contributed by atoms with E-state index >= 15 is 0 Å². The van der Waals surface area contributed by atoms with Gasteiger partial charge in [-0.05, 0) is 37.5 Å². The highest BCUT2D eigenvalue weighted by Gasteiger charge is 2.33. The predicted molar refractivity (Wildman–Crippen MR) is 46.4 cm³/mol. The van der Waals surface area contributed by atoms with E-state index in [1.54, 1.807) is 0 Å². The Balaban J connectivity index is 2.18. The Bertz CT molecular complexity index is 89.3. The molecule has 0 spiro atoms. The Hall–Kier alpha value is 0.290. The van der Waals surface area contributed by atoms with E-state index in [1.807, 2.05) is 0 Å². The molecule has 1 atom stereocenters. The van der Waals surface area contributed by atoms with Crippen LogP contribution in [0.1, 0.15) is 33.6 Å². The first-order valence-corrected chi connectivity index (χ1v) is 4.69. The van der Waals surface area contributed by atoms with Crippen LogP contribution in [0.2, 0.25) is 0 Å². The van der Waals surface area contributed by atoms with E-state index in [1.165, 1.54) is 12.8 Å². The van der Waals surface area contributed by atoms with Gasteiger partial charge >= 0.3 is 0 Å². The maximum atomic E-state index is 5.95. The maximum Gasteiger partial charge on any atom is 0.0336 e. The number of hydrogen-bond acceptors (Lipinski definition) is 0. The topological polar surface area (TPSA) is 0 Å². The summed E-state index contributed by atoms with van der Waals surface area (Å²) in [6.07, 6.45) is 2.73. The molecule has 1 unspecified atom stereocenters. The summed E-state index contributed by atoms with van der Waals surface area (Å²) in [5.74, 6) is 2.65. The zero-order chi connectivity index (χ0) is 7.72. The first kappa shape index (κ1) is 8.39. The van der Waals surface area contributed by atoms with Gasteiger partial charge in [0.2, 0.25) is 0 Å². The Morgan fingerprint density at radius 3 is 1.90 bits per heavy atom. The quantitative estimate of drug-likeness (QED) is 0.544. The van der Waals surface area contributed by atoms with Crippen LogP contribution >= 0.6 is 11.6 Å². The first-order chi connectivity index (χ1) is 4.61. The molecule has 1 saturated carbocycles. The van der Waals surface area contributed by atoms with Crippen LogP contribution in [0.15, 0.2) is 0 Å². The minimum atomic E-state index is 0.398. The molecule has 1 rings (SSSR count). The lowest BCUT2D eigenvalue weighted by Crippen LogP contribution is -2.32. The van der Waals surface area contributed by atoms with Crippen molar-refractivity contribution >= 4 is 11.6 Å². The smallest absolute Gasteiger partial charge is 0.0336 e. The lowest BCUT2D eigenvalue weighted by atomic mass is 9.68. The number of alkyl halides is 1. The van der Waals surface area contributed by atoms with E-state index in [-0.39, 0.29) is 0 Å². The largest absolute Gasteiger partial charge is 0.123 e. The van der Waals surface area contributed by atoms with Gasteiger partial charge in [-0.2, -0.15) is 0 Å². The molecular formula is C9H17Cl. The van der Waals surface area contributed by atoms with Crippen LogP contribution in [0.25, 0.3) is 0 Å². The maximum absolute atomic E-state index is 5.95. The lowest BCUT2D eigenvalue weighted by molar-refractivity contribution is 0.141. The number of halogens is 1. The molecule has 0 aromatic heterocycles. The predicted octanol–water partition coefficient (Wildman–Crippen LogP) is 3.30. The van der Waals surface area contributed by atoms with Gasteiger partial charge in [0.15, 0.2) is 0 Å². The van der Waals surface area contributed by atoms with Crippen molar-refractivity contribution in [1.29, 1.82) is 0 Å². The lowest BCUT2D eigenvalue weighted by Gasteiger charge is -2.39. The van der Waals surface area contributed by atoms with Crippen molar-refractivity contribution in [3.63, 3.8) is 0 Å². The Morgan fingerprint density at radius 2 is 1.60 bits per heavy atom. The van der Waals surface area contributed by atoms with Crippen molar-refractivity contribution in [3.8, 4) is 0 Å². The molecule has 0 aliphatic heterocycles. The van der Waals surface area contributed by atoms with Crippen LogP contribution in [0.5, 0.6) is 0 Å². The average Bonchev–Trinajstić information content (AvgIpc) is 1.56. The molecule has 0 N–H and O–H groups in total. The third-order valence-electron chi connectivity index (χ3n) is 2.80. The molecule has 60 valence electrons. The minimum absolute atomic E-state index is 0.398. The molecule has 0 aromatic carbocycles. The van der Waals surface area contributed by atoms with Gasteiger partial charge in [0, 0.05) is 5.38 Å². The Kier molecular flexibility index (Phi) is 2.62. The van der Waals surface area contributed by atoms with Crippen molar-refractivity contribution in [2.45, 2.75) is 39.0 Å². The van der Waals surface area contributed by atoms with Gasteiger partial charge in [0.25, 0.3) is 0 Å². The van der Waals surface area contributed by atoms with Gasteiger partial charge in [0.1, 0.15) is 0 Å². The van der Waals surface area contributed by atoms with Gasteiger partial charge in [-0.25, -0.2) is 0 Å². The molecule has 1 fully saturated rings. The Morgan fingerprint density at radius 1 is 1.10 bits per heavy atom. The highest BCUT2D eigenvalue weighted by molar-refractivity contribution is 6.20. The second-order valence-electron chi connectivity index (χ2n) is 3.91. The fraction of sp³-hybridized carbons (Fsp3) is 1.00. The molecule has 0 nitrogen and oxygen atoms in total. The molecule has 0 aromatic rings. The van der Waals surface area contributed by atoms with E-state index in [4.69, 9.17) is 11.6 Å².